The summed E-state index contributed by atoms with van der Waals surface area (Å²) in [6, 6.07) is 1.75. The van der Waals surface area contributed by atoms with E-state index in [-0.39, 0.29) is 0 Å². The van der Waals surface area contributed by atoms with Crippen LogP contribution in [0.1, 0.15) is 12.0 Å². The topological polar surface area (TPSA) is 37.4 Å². The molecular formula is C11H7F4NO2. The van der Waals surface area contributed by atoms with Gasteiger partial charge in [-0.1, -0.05) is 0 Å². The number of hydrogen-bond donors (Lipinski definition) is 0. The van der Waals surface area contributed by atoms with Gasteiger partial charge in [0.15, 0.2) is 5.78 Å². The van der Waals surface area contributed by atoms with E-state index in [0.29, 0.717) is 18.2 Å². The van der Waals surface area contributed by atoms with Crippen LogP contribution in [0.15, 0.2) is 18.2 Å². The summed E-state index contributed by atoms with van der Waals surface area (Å²) in [4.78, 5) is 23.1. The number of anilines is 1. The van der Waals surface area contributed by atoms with Crippen molar-refractivity contribution in [2.75, 3.05) is 11.4 Å². The molecule has 3 nitrogen and oxygen atoms in total. The Hall–Kier alpha value is -1.92. The molecule has 1 aromatic carbocycles. The minimum Gasteiger partial charge on any atom is -0.302 e. The second kappa shape index (κ2) is 4.08. The SMILES string of the molecule is O=C1CC(=O)N(c2cc(C(F)(F)F)ccc2F)C1. The van der Waals surface area contributed by atoms with Crippen molar-refractivity contribution < 1.29 is 27.2 Å². The van der Waals surface area contributed by atoms with Gasteiger partial charge in [0, 0.05) is 0 Å². The fourth-order valence-corrected chi connectivity index (χ4v) is 1.70. The van der Waals surface area contributed by atoms with Crippen LogP contribution in [0.4, 0.5) is 23.2 Å². The first kappa shape index (κ1) is 12.5. The highest BCUT2D eigenvalue weighted by Crippen LogP contribution is 2.33. The van der Waals surface area contributed by atoms with Crippen molar-refractivity contribution in [2.45, 2.75) is 12.6 Å². The van der Waals surface area contributed by atoms with E-state index in [1.54, 1.807) is 0 Å². The van der Waals surface area contributed by atoms with Crippen LogP contribution >= 0.6 is 0 Å². The third-order valence-electron chi connectivity index (χ3n) is 2.55. The first-order valence-electron chi connectivity index (χ1n) is 4.98. The molecule has 1 amide bonds. The Balaban J connectivity index is 2.44. The summed E-state index contributed by atoms with van der Waals surface area (Å²) in [7, 11) is 0. The van der Waals surface area contributed by atoms with Crippen LogP contribution in [0.5, 0.6) is 0 Å². The van der Waals surface area contributed by atoms with Gasteiger partial charge < -0.3 is 4.90 Å². The van der Waals surface area contributed by atoms with Crippen LogP contribution in [0.2, 0.25) is 0 Å². The largest absolute Gasteiger partial charge is 0.416 e. The van der Waals surface area contributed by atoms with E-state index in [0.717, 1.165) is 4.90 Å². The molecule has 1 heterocycles. The molecule has 96 valence electrons. The van der Waals surface area contributed by atoms with E-state index in [9.17, 15) is 27.2 Å². The summed E-state index contributed by atoms with van der Waals surface area (Å²) >= 11 is 0. The normalized spacial score (nSPS) is 16.6. The number of ketones is 1. The van der Waals surface area contributed by atoms with Gasteiger partial charge in [-0.25, -0.2) is 4.39 Å². The number of alkyl halides is 3. The molecule has 0 bridgehead atoms. The van der Waals surface area contributed by atoms with Gasteiger partial charge in [-0.15, -0.1) is 0 Å². The number of hydrogen-bond acceptors (Lipinski definition) is 2. The number of Topliss-reactive ketones (excluding diaryl/α,β-unsaturated/α-hetero) is 1. The number of halogens is 4. The lowest BCUT2D eigenvalue weighted by atomic mass is 10.1. The Morgan fingerprint density at radius 1 is 1.17 bits per heavy atom. The van der Waals surface area contributed by atoms with E-state index in [1.165, 1.54) is 0 Å². The number of benzene rings is 1. The molecule has 0 aromatic heterocycles. The van der Waals surface area contributed by atoms with Crippen LogP contribution in [0, 0.1) is 5.82 Å². The molecule has 0 N–H and O–H groups in total. The predicted octanol–water partition coefficient (Wildman–Crippen LogP) is 2.15. The van der Waals surface area contributed by atoms with Crippen LogP contribution in [-0.4, -0.2) is 18.2 Å². The summed E-state index contributed by atoms with van der Waals surface area (Å²) in [6.07, 6.45) is -5.04. The Kier molecular flexibility index (Phi) is 2.84. The van der Waals surface area contributed by atoms with E-state index < -0.39 is 47.9 Å². The molecular weight excluding hydrogens is 254 g/mol. The van der Waals surface area contributed by atoms with Crippen molar-refractivity contribution in [2.24, 2.45) is 0 Å². The molecule has 1 aliphatic heterocycles. The predicted molar refractivity (Wildman–Crippen MR) is 53.4 cm³/mol. The highest BCUT2D eigenvalue weighted by Gasteiger charge is 2.35. The van der Waals surface area contributed by atoms with E-state index in [1.807, 2.05) is 0 Å². The smallest absolute Gasteiger partial charge is 0.302 e. The maximum Gasteiger partial charge on any atom is 0.416 e. The standard InChI is InChI=1S/C11H7F4NO2/c12-8-2-1-6(11(13,14)15)3-9(8)16-5-7(17)4-10(16)18/h1-3H,4-5H2. The summed E-state index contributed by atoms with van der Waals surface area (Å²) in [5, 5.41) is 0. The fraction of sp³-hybridized carbons (Fsp3) is 0.273. The second-order valence-corrected chi connectivity index (χ2v) is 3.86. The lowest BCUT2D eigenvalue weighted by Gasteiger charge is -2.17. The van der Waals surface area contributed by atoms with Gasteiger partial charge in [-0.3, -0.25) is 9.59 Å². The number of nitrogens with zero attached hydrogens (tertiary/aromatic N) is 1. The van der Waals surface area contributed by atoms with Crippen molar-refractivity contribution in [3.8, 4) is 0 Å². The lowest BCUT2D eigenvalue weighted by molar-refractivity contribution is -0.137. The first-order valence-corrected chi connectivity index (χ1v) is 4.98. The maximum atomic E-state index is 13.4. The molecule has 1 saturated heterocycles. The fourth-order valence-electron chi connectivity index (χ4n) is 1.70. The van der Waals surface area contributed by atoms with Gasteiger partial charge >= 0.3 is 6.18 Å². The van der Waals surface area contributed by atoms with Crippen LogP contribution in [0.25, 0.3) is 0 Å². The molecule has 0 atom stereocenters. The number of carbonyl (C=O) groups is 2. The molecule has 0 spiro atoms. The molecule has 0 radical (unpaired) electrons. The summed E-state index contributed by atoms with van der Waals surface area (Å²) in [6.45, 7) is -0.392. The molecule has 1 aromatic rings. The highest BCUT2D eigenvalue weighted by molar-refractivity contribution is 6.15. The zero-order chi connectivity index (χ0) is 13.5. The Morgan fingerprint density at radius 3 is 2.33 bits per heavy atom. The molecule has 1 aliphatic rings. The minimum absolute atomic E-state index is 0.392. The van der Waals surface area contributed by atoms with Crippen molar-refractivity contribution in [3.63, 3.8) is 0 Å². The minimum atomic E-state index is -4.63. The highest BCUT2D eigenvalue weighted by atomic mass is 19.4. The molecule has 7 heteroatoms. The monoisotopic (exact) mass is 261 g/mol. The van der Waals surface area contributed by atoms with Crippen LogP contribution < -0.4 is 4.90 Å². The van der Waals surface area contributed by atoms with Crippen molar-refractivity contribution in [3.05, 3.63) is 29.6 Å². The zero-order valence-corrected chi connectivity index (χ0v) is 8.92. The average Bonchev–Trinajstić information content (AvgIpc) is 2.56. The summed E-state index contributed by atoms with van der Waals surface area (Å²) in [5.74, 6) is -2.11. The Labute approximate surface area is 99.0 Å². The third-order valence-corrected chi connectivity index (χ3v) is 2.55. The van der Waals surface area contributed by atoms with Crippen LogP contribution in [0.3, 0.4) is 0 Å². The van der Waals surface area contributed by atoms with Gasteiger partial charge in [0.05, 0.1) is 24.2 Å². The number of carbonyl (C=O) groups excluding carboxylic acids is 2. The first-order chi connectivity index (χ1) is 8.29. The Bertz CT molecular complexity index is 524. The van der Waals surface area contributed by atoms with Gasteiger partial charge in [-0.2, -0.15) is 13.2 Å². The zero-order valence-electron chi connectivity index (χ0n) is 8.92. The van der Waals surface area contributed by atoms with E-state index >= 15 is 0 Å². The quantitative estimate of drug-likeness (QED) is 0.573. The van der Waals surface area contributed by atoms with Crippen molar-refractivity contribution >= 4 is 17.4 Å². The molecule has 1 fully saturated rings. The van der Waals surface area contributed by atoms with Gasteiger partial charge in [-0.05, 0) is 18.2 Å². The number of rotatable bonds is 1. The van der Waals surface area contributed by atoms with E-state index in [4.69, 9.17) is 0 Å². The third kappa shape index (κ3) is 2.20. The lowest BCUT2D eigenvalue weighted by Crippen LogP contribution is -2.26. The summed E-state index contributed by atoms with van der Waals surface area (Å²) in [5.41, 5.74) is -1.58. The number of amides is 1. The second-order valence-electron chi connectivity index (χ2n) is 3.86. The molecule has 18 heavy (non-hydrogen) atoms. The Morgan fingerprint density at radius 2 is 1.83 bits per heavy atom. The molecule has 0 aliphatic carbocycles. The summed E-state index contributed by atoms with van der Waals surface area (Å²) < 4.78 is 50.8. The molecule has 2 rings (SSSR count). The van der Waals surface area contributed by atoms with Gasteiger partial charge in [0.25, 0.3) is 0 Å². The molecule has 0 saturated carbocycles. The van der Waals surface area contributed by atoms with Gasteiger partial charge in [0.2, 0.25) is 5.91 Å². The maximum absolute atomic E-state index is 13.4. The van der Waals surface area contributed by atoms with Gasteiger partial charge in [0.1, 0.15) is 5.82 Å². The average molecular weight is 261 g/mol. The molecule has 0 unspecified atom stereocenters. The van der Waals surface area contributed by atoms with Crippen LogP contribution in [-0.2, 0) is 15.8 Å². The van der Waals surface area contributed by atoms with Crippen molar-refractivity contribution in [1.29, 1.82) is 0 Å². The van der Waals surface area contributed by atoms with Crippen molar-refractivity contribution in [1.82, 2.24) is 0 Å². The van der Waals surface area contributed by atoms with E-state index in [2.05, 4.69) is 0 Å².